The van der Waals surface area contributed by atoms with E-state index in [1.54, 1.807) is 11.3 Å². The zero-order valence-electron chi connectivity index (χ0n) is 20.0. The standard InChI is InChI=1S/C25H35N5O2S/c1-5-13-32-14-12-26-24-27-17(3)21(23-28-19-8-6-7-9-20(19)33-23)22(29-24)30-25(4)11-10-18(15-31)16(25)2/h6-9,16,18,31H,5,10-15H2,1-4H3,(H2,26,27,29,30). The molecule has 0 bridgehead atoms. The molecule has 3 N–H and O–H groups in total. The molecule has 7 nitrogen and oxygen atoms in total. The number of rotatable bonds is 10. The average Bonchev–Trinajstić information content (AvgIpc) is 3.34. The maximum absolute atomic E-state index is 9.81. The second kappa shape index (κ2) is 10.3. The third-order valence-electron chi connectivity index (χ3n) is 6.86. The summed E-state index contributed by atoms with van der Waals surface area (Å²) in [6.45, 7) is 10.8. The van der Waals surface area contributed by atoms with E-state index in [0.29, 0.717) is 30.9 Å². The predicted octanol–water partition coefficient (Wildman–Crippen LogP) is 5.11. The normalized spacial score (nSPS) is 22.7. The van der Waals surface area contributed by atoms with E-state index in [1.165, 1.54) is 0 Å². The highest BCUT2D eigenvalue weighted by molar-refractivity contribution is 7.21. The summed E-state index contributed by atoms with van der Waals surface area (Å²) in [5.41, 5.74) is 2.65. The number of fused-ring (bicyclic) bond motifs is 1. The van der Waals surface area contributed by atoms with Crippen molar-refractivity contribution in [3.8, 4) is 10.6 Å². The number of ether oxygens (including phenoxy) is 1. The fourth-order valence-electron chi connectivity index (χ4n) is 4.64. The molecule has 3 aromatic rings. The molecule has 2 aromatic heterocycles. The number of nitrogens with zero attached hydrogens (tertiary/aromatic N) is 3. The Labute approximate surface area is 200 Å². The molecule has 3 unspecified atom stereocenters. The molecular weight excluding hydrogens is 434 g/mol. The second-order valence-electron chi connectivity index (χ2n) is 9.19. The first kappa shape index (κ1) is 23.9. The van der Waals surface area contributed by atoms with Crippen molar-refractivity contribution in [2.75, 3.05) is 37.0 Å². The van der Waals surface area contributed by atoms with Gasteiger partial charge in [0.05, 0.1) is 28.1 Å². The van der Waals surface area contributed by atoms with E-state index in [1.807, 2.05) is 25.1 Å². The lowest BCUT2D eigenvalue weighted by molar-refractivity contribution is 0.144. The summed E-state index contributed by atoms with van der Waals surface area (Å²) in [7, 11) is 0. The summed E-state index contributed by atoms with van der Waals surface area (Å²) >= 11 is 1.66. The summed E-state index contributed by atoms with van der Waals surface area (Å²) in [5.74, 6) is 2.00. The molecule has 1 fully saturated rings. The van der Waals surface area contributed by atoms with Crippen LogP contribution in [0.15, 0.2) is 24.3 Å². The van der Waals surface area contributed by atoms with Crippen molar-refractivity contribution in [3.05, 3.63) is 30.0 Å². The Morgan fingerprint density at radius 2 is 2.03 bits per heavy atom. The van der Waals surface area contributed by atoms with Crippen LogP contribution >= 0.6 is 11.3 Å². The van der Waals surface area contributed by atoms with Crippen LogP contribution in [0.3, 0.4) is 0 Å². The van der Waals surface area contributed by atoms with Gasteiger partial charge in [0.1, 0.15) is 10.8 Å². The topological polar surface area (TPSA) is 92.2 Å². The van der Waals surface area contributed by atoms with E-state index in [4.69, 9.17) is 19.7 Å². The van der Waals surface area contributed by atoms with Crippen LogP contribution in [0.5, 0.6) is 0 Å². The van der Waals surface area contributed by atoms with Crippen LogP contribution in [-0.2, 0) is 4.74 Å². The van der Waals surface area contributed by atoms with Crippen molar-refractivity contribution in [1.29, 1.82) is 0 Å². The third kappa shape index (κ3) is 5.13. The van der Waals surface area contributed by atoms with Crippen LogP contribution in [0, 0.1) is 18.8 Å². The molecule has 33 heavy (non-hydrogen) atoms. The van der Waals surface area contributed by atoms with Gasteiger partial charge in [0.15, 0.2) is 0 Å². The van der Waals surface area contributed by atoms with Gasteiger partial charge in [-0.25, -0.2) is 9.97 Å². The lowest BCUT2D eigenvalue weighted by atomic mass is 9.86. The van der Waals surface area contributed by atoms with Gasteiger partial charge >= 0.3 is 0 Å². The number of hydrogen-bond acceptors (Lipinski definition) is 8. The number of anilines is 2. The quantitative estimate of drug-likeness (QED) is 0.355. The zero-order chi connectivity index (χ0) is 23.4. The van der Waals surface area contributed by atoms with Crippen LogP contribution in [0.25, 0.3) is 20.8 Å². The lowest BCUT2D eigenvalue weighted by Gasteiger charge is -2.34. The maximum atomic E-state index is 9.81. The summed E-state index contributed by atoms with van der Waals surface area (Å²) in [5, 5.41) is 17.8. The third-order valence-corrected chi connectivity index (χ3v) is 7.91. The van der Waals surface area contributed by atoms with Crippen LogP contribution in [0.2, 0.25) is 0 Å². The smallest absolute Gasteiger partial charge is 0.224 e. The molecule has 178 valence electrons. The molecule has 1 aromatic carbocycles. The van der Waals surface area contributed by atoms with Crippen molar-refractivity contribution in [2.45, 2.75) is 52.5 Å². The van der Waals surface area contributed by atoms with Gasteiger partial charge in [-0.3, -0.25) is 0 Å². The molecule has 3 atom stereocenters. The first-order valence-corrected chi connectivity index (χ1v) is 12.7. The van der Waals surface area contributed by atoms with E-state index in [9.17, 15) is 5.11 Å². The molecule has 0 spiro atoms. The van der Waals surface area contributed by atoms with Gasteiger partial charge in [-0.05, 0) is 57.1 Å². The fourth-order valence-corrected chi connectivity index (χ4v) is 5.70. The van der Waals surface area contributed by atoms with E-state index >= 15 is 0 Å². The van der Waals surface area contributed by atoms with Gasteiger partial charge in [-0.15, -0.1) is 11.3 Å². The van der Waals surface area contributed by atoms with Crippen LogP contribution in [0.4, 0.5) is 11.8 Å². The van der Waals surface area contributed by atoms with Gasteiger partial charge in [-0.1, -0.05) is 26.0 Å². The Kier molecular flexibility index (Phi) is 7.46. The first-order chi connectivity index (χ1) is 15.9. The van der Waals surface area contributed by atoms with Gasteiger partial charge in [-0.2, -0.15) is 4.98 Å². The number of aromatic nitrogens is 3. The monoisotopic (exact) mass is 469 g/mol. The van der Waals surface area contributed by atoms with E-state index in [-0.39, 0.29) is 12.1 Å². The molecule has 4 rings (SSSR count). The number of thiazole rings is 1. The molecule has 0 amide bonds. The molecule has 0 radical (unpaired) electrons. The van der Waals surface area contributed by atoms with Gasteiger partial charge in [0.25, 0.3) is 0 Å². The van der Waals surface area contributed by atoms with Crippen molar-refractivity contribution in [3.63, 3.8) is 0 Å². The second-order valence-corrected chi connectivity index (χ2v) is 10.2. The van der Waals surface area contributed by atoms with E-state index < -0.39 is 0 Å². The molecule has 0 aliphatic heterocycles. The number of aliphatic hydroxyl groups excluding tert-OH is 1. The molecule has 1 aliphatic carbocycles. The number of aliphatic hydroxyl groups is 1. The van der Waals surface area contributed by atoms with Crippen molar-refractivity contribution >= 4 is 33.3 Å². The minimum absolute atomic E-state index is 0.166. The number of para-hydroxylation sites is 1. The van der Waals surface area contributed by atoms with E-state index in [0.717, 1.165) is 58.2 Å². The summed E-state index contributed by atoms with van der Waals surface area (Å²) in [6, 6.07) is 8.18. The van der Waals surface area contributed by atoms with Crippen LogP contribution < -0.4 is 10.6 Å². The first-order valence-electron chi connectivity index (χ1n) is 11.9. The number of nitrogens with one attached hydrogen (secondary N) is 2. The Morgan fingerprint density at radius 3 is 2.76 bits per heavy atom. The Hall–Kier alpha value is -2.29. The highest BCUT2D eigenvalue weighted by Crippen LogP contribution is 2.44. The summed E-state index contributed by atoms with van der Waals surface area (Å²) < 4.78 is 6.74. The summed E-state index contributed by atoms with van der Waals surface area (Å²) in [6.07, 6.45) is 2.99. The lowest BCUT2D eigenvalue weighted by Crippen LogP contribution is -2.40. The van der Waals surface area contributed by atoms with Gasteiger partial charge in [0.2, 0.25) is 5.95 Å². The predicted molar refractivity (Wildman–Crippen MR) is 136 cm³/mol. The van der Waals surface area contributed by atoms with E-state index in [2.05, 4.69) is 37.5 Å². The van der Waals surface area contributed by atoms with Gasteiger partial charge < -0.3 is 20.5 Å². The number of hydrogen-bond donors (Lipinski definition) is 3. The Morgan fingerprint density at radius 1 is 1.21 bits per heavy atom. The highest BCUT2D eigenvalue weighted by Gasteiger charge is 2.42. The van der Waals surface area contributed by atoms with Crippen LogP contribution in [-0.4, -0.2) is 52.0 Å². The van der Waals surface area contributed by atoms with Crippen LogP contribution in [0.1, 0.15) is 45.7 Å². The highest BCUT2D eigenvalue weighted by atomic mass is 32.1. The number of benzene rings is 1. The fraction of sp³-hybridized carbons (Fsp3) is 0.560. The van der Waals surface area contributed by atoms with Crippen molar-refractivity contribution < 1.29 is 9.84 Å². The molecule has 0 saturated heterocycles. The maximum Gasteiger partial charge on any atom is 0.224 e. The Balaban J connectivity index is 1.68. The van der Waals surface area contributed by atoms with Crippen molar-refractivity contribution in [1.82, 2.24) is 15.0 Å². The number of aryl methyl sites for hydroxylation is 1. The molecule has 1 saturated carbocycles. The summed E-state index contributed by atoms with van der Waals surface area (Å²) in [4.78, 5) is 14.6. The molecular formula is C25H35N5O2S. The molecule has 8 heteroatoms. The molecule has 1 aliphatic rings. The average molecular weight is 470 g/mol. The largest absolute Gasteiger partial charge is 0.396 e. The SMILES string of the molecule is CCCOCCNc1nc(C)c(-c2nc3ccccc3s2)c(NC2(C)CCC(CO)C2C)n1. The Bertz CT molecular complexity index is 1050. The minimum atomic E-state index is -0.166. The minimum Gasteiger partial charge on any atom is -0.396 e. The molecule has 2 heterocycles. The zero-order valence-corrected chi connectivity index (χ0v) is 20.8. The van der Waals surface area contributed by atoms with Gasteiger partial charge in [0, 0.05) is 25.3 Å². The van der Waals surface area contributed by atoms with Crippen molar-refractivity contribution in [2.24, 2.45) is 11.8 Å².